The molecule has 0 heterocycles. The van der Waals surface area contributed by atoms with Crippen LogP contribution >= 0.6 is 0 Å². The van der Waals surface area contributed by atoms with E-state index in [9.17, 15) is 16.8 Å². The van der Waals surface area contributed by atoms with Gasteiger partial charge in [-0.25, -0.2) is 16.8 Å². The van der Waals surface area contributed by atoms with Crippen LogP contribution in [0.3, 0.4) is 0 Å². The minimum absolute atomic E-state index is 0.0287. The van der Waals surface area contributed by atoms with Crippen LogP contribution in [0.5, 0.6) is 0 Å². The number of sulfone groups is 2. The van der Waals surface area contributed by atoms with Crippen molar-refractivity contribution < 1.29 is 16.8 Å². The Labute approximate surface area is 85.7 Å². The molecule has 1 N–H and O–H groups in total. The molecule has 7 heteroatoms. The van der Waals surface area contributed by atoms with Gasteiger partial charge in [-0.05, 0) is 14.0 Å². The van der Waals surface area contributed by atoms with Crippen molar-refractivity contribution in [3.8, 4) is 0 Å². The Morgan fingerprint density at radius 1 is 1.14 bits per heavy atom. The molecule has 0 saturated carbocycles. The summed E-state index contributed by atoms with van der Waals surface area (Å²) in [5.74, 6) is -0.622. The van der Waals surface area contributed by atoms with Crippen molar-refractivity contribution in [1.29, 1.82) is 0 Å². The van der Waals surface area contributed by atoms with Gasteiger partial charge in [0.25, 0.3) is 0 Å². The molecular formula is C7H17NO4S2. The van der Waals surface area contributed by atoms with Gasteiger partial charge < -0.3 is 5.32 Å². The van der Waals surface area contributed by atoms with Crippen LogP contribution in [-0.2, 0) is 19.7 Å². The zero-order chi connectivity index (χ0) is 11.4. The summed E-state index contributed by atoms with van der Waals surface area (Å²) >= 11 is 0. The molecule has 0 fully saturated rings. The van der Waals surface area contributed by atoms with Gasteiger partial charge >= 0.3 is 0 Å². The van der Waals surface area contributed by atoms with Gasteiger partial charge in [0.2, 0.25) is 0 Å². The third-order valence-corrected chi connectivity index (χ3v) is 4.80. The lowest BCUT2D eigenvalue weighted by molar-refractivity contribution is 0.576. The normalized spacial score (nSPS) is 15.4. The first-order chi connectivity index (χ1) is 6.16. The van der Waals surface area contributed by atoms with E-state index in [0.717, 1.165) is 6.26 Å². The average molecular weight is 243 g/mol. The molecule has 0 aromatic heterocycles. The van der Waals surface area contributed by atoms with E-state index in [1.165, 1.54) is 0 Å². The van der Waals surface area contributed by atoms with Crippen LogP contribution in [0.25, 0.3) is 0 Å². The maximum absolute atomic E-state index is 11.3. The van der Waals surface area contributed by atoms with E-state index in [2.05, 4.69) is 5.32 Å². The molecular weight excluding hydrogens is 226 g/mol. The largest absolute Gasteiger partial charge is 0.316 e. The molecule has 5 nitrogen and oxygen atoms in total. The highest BCUT2D eigenvalue weighted by Gasteiger charge is 2.17. The van der Waals surface area contributed by atoms with E-state index in [-0.39, 0.29) is 23.3 Å². The Kier molecular flexibility index (Phi) is 5.03. The van der Waals surface area contributed by atoms with Gasteiger partial charge in [-0.3, -0.25) is 0 Å². The van der Waals surface area contributed by atoms with Crippen molar-refractivity contribution in [3.63, 3.8) is 0 Å². The molecule has 0 aromatic rings. The third-order valence-electron chi connectivity index (χ3n) is 1.76. The zero-order valence-electron chi connectivity index (χ0n) is 8.65. The first kappa shape index (κ1) is 13.9. The van der Waals surface area contributed by atoms with Gasteiger partial charge in [-0.15, -0.1) is 0 Å². The van der Waals surface area contributed by atoms with Crippen LogP contribution < -0.4 is 5.32 Å². The molecule has 14 heavy (non-hydrogen) atoms. The summed E-state index contributed by atoms with van der Waals surface area (Å²) in [5.41, 5.74) is 0. The quantitative estimate of drug-likeness (QED) is 0.651. The molecule has 1 atom stereocenters. The molecule has 0 aromatic carbocycles. The summed E-state index contributed by atoms with van der Waals surface area (Å²) in [7, 11) is -4.80. The summed E-state index contributed by atoms with van der Waals surface area (Å²) in [5, 5.41) is 2.79. The molecule has 0 aliphatic heterocycles. The number of hydrogen-bond donors (Lipinski definition) is 1. The fourth-order valence-electron chi connectivity index (χ4n) is 0.826. The van der Waals surface area contributed by atoms with Crippen molar-refractivity contribution in [2.45, 2.75) is 13.0 Å². The molecule has 0 radical (unpaired) electrons. The van der Waals surface area contributed by atoms with Crippen LogP contribution in [0, 0.1) is 0 Å². The molecule has 0 aliphatic rings. The van der Waals surface area contributed by atoms with E-state index < -0.39 is 19.7 Å². The van der Waals surface area contributed by atoms with Crippen LogP contribution in [0.4, 0.5) is 0 Å². The van der Waals surface area contributed by atoms with Gasteiger partial charge in [0.15, 0.2) is 9.84 Å². The Balaban J connectivity index is 4.24. The summed E-state index contributed by atoms with van der Waals surface area (Å²) < 4.78 is 44.2. The third kappa shape index (κ3) is 7.28. The minimum atomic E-state index is -3.27. The van der Waals surface area contributed by atoms with Crippen molar-refractivity contribution >= 4 is 19.7 Å². The van der Waals surface area contributed by atoms with Crippen LogP contribution in [0.15, 0.2) is 0 Å². The maximum Gasteiger partial charge on any atom is 0.152 e. The summed E-state index contributed by atoms with van der Waals surface area (Å²) in [6, 6.07) is -0.153. The lowest BCUT2D eigenvalue weighted by atomic mass is 10.4. The van der Waals surface area contributed by atoms with Gasteiger partial charge in [0, 0.05) is 12.3 Å². The van der Waals surface area contributed by atoms with E-state index in [4.69, 9.17) is 0 Å². The monoisotopic (exact) mass is 243 g/mol. The highest BCUT2D eigenvalue weighted by molar-refractivity contribution is 7.94. The smallest absolute Gasteiger partial charge is 0.152 e. The zero-order valence-corrected chi connectivity index (χ0v) is 10.3. The standard InChI is InChI=1S/C7H17NO4S2/c1-7(8-2)6-14(11,12)5-4-13(3,9)10/h7-8H,4-6H2,1-3H3. The predicted molar refractivity (Wildman–Crippen MR) is 56.9 cm³/mol. The predicted octanol–water partition coefficient (Wildman–Crippen LogP) is -0.946. The maximum atomic E-state index is 11.3. The first-order valence-corrected chi connectivity index (χ1v) is 8.10. The fourth-order valence-corrected chi connectivity index (χ4v) is 4.15. The second-order valence-corrected chi connectivity index (χ2v) is 7.92. The minimum Gasteiger partial charge on any atom is -0.316 e. The fraction of sp³-hybridized carbons (Fsp3) is 1.00. The molecule has 0 aliphatic carbocycles. The lowest BCUT2D eigenvalue weighted by Gasteiger charge is -2.09. The molecule has 0 saturated heterocycles. The topological polar surface area (TPSA) is 80.3 Å². The van der Waals surface area contributed by atoms with Crippen molar-refractivity contribution in [3.05, 3.63) is 0 Å². The highest BCUT2D eigenvalue weighted by atomic mass is 32.2. The molecule has 86 valence electrons. The second-order valence-electron chi connectivity index (χ2n) is 3.43. The Bertz CT molecular complexity index is 357. The van der Waals surface area contributed by atoms with Gasteiger partial charge in [0.05, 0.1) is 17.3 Å². The second kappa shape index (κ2) is 5.09. The lowest BCUT2D eigenvalue weighted by Crippen LogP contribution is -2.32. The van der Waals surface area contributed by atoms with E-state index in [0.29, 0.717) is 0 Å². The van der Waals surface area contributed by atoms with Crippen molar-refractivity contribution in [1.82, 2.24) is 5.32 Å². The average Bonchev–Trinajstić information content (AvgIpc) is 1.99. The molecule has 0 spiro atoms. The molecule has 0 rings (SSSR count). The Morgan fingerprint density at radius 2 is 1.64 bits per heavy atom. The Hall–Kier alpha value is -0.140. The van der Waals surface area contributed by atoms with Crippen LogP contribution in [0.2, 0.25) is 0 Å². The number of hydrogen-bond acceptors (Lipinski definition) is 5. The highest BCUT2D eigenvalue weighted by Crippen LogP contribution is 1.96. The van der Waals surface area contributed by atoms with E-state index >= 15 is 0 Å². The summed E-state index contributed by atoms with van der Waals surface area (Å²) in [6.45, 7) is 1.73. The van der Waals surface area contributed by atoms with Gasteiger partial charge in [0.1, 0.15) is 9.84 Å². The van der Waals surface area contributed by atoms with E-state index in [1.807, 2.05) is 0 Å². The number of rotatable bonds is 6. The Morgan fingerprint density at radius 3 is 2.00 bits per heavy atom. The molecule has 0 amide bonds. The SMILES string of the molecule is CNC(C)CS(=O)(=O)CCS(C)(=O)=O. The summed E-state index contributed by atoms with van der Waals surface area (Å²) in [6.07, 6.45) is 1.03. The van der Waals surface area contributed by atoms with Gasteiger partial charge in [-0.2, -0.15) is 0 Å². The van der Waals surface area contributed by atoms with Crippen molar-refractivity contribution in [2.24, 2.45) is 0 Å². The summed E-state index contributed by atoms with van der Waals surface area (Å²) in [4.78, 5) is 0. The molecule has 0 bridgehead atoms. The first-order valence-electron chi connectivity index (χ1n) is 4.22. The number of nitrogens with one attached hydrogen (secondary N) is 1. The van der Waals surface area contributed by atoms with Crippen LogP contribution in [0.1, 0.15) is 6.92 Å². The van der Waals surface area contributed by atoms with Gasteiger partial charge in [-0.1, -0.05) is 0 Å². The van der Waals surface area contributed by atoms with Crippen molar-refractivity contribution in [2.75, 3.05) is 30.6 Å². The van der Waals surface area contributed by atoms with Crippen LogP contribution in [-0.4, -0.2) is 53.4 Å². The van der Waals surface area contributed by atoms with E-state index in [1.54, 1.807) is 14.0 Å². The molecule has 1 unspecified atom stereocenters.